The maximum Gasteiger partial charge on any atom is 0.262 e. The number of phenols is 1. The minimum atomic E-state index is -3.74. The van der Waals surface area contributed by atoms with Gasteiger partial charge in [-0.25, -0.2) is 8.42 Å². The molecule has 19 heavy (non-hydrogen) atoms. The van der Waals surface area contributed by atoms with Gasteiger partial charge in [-0.3, -0.25) is 4.72 Å². The summed E-state index contributed by atoms with van der Waals surface area (Å²) >= 11 is 5.71. The van der Waals surface area contributed by atoms with Crippen molar-refractivity contribution in [2.45, 2.75) is 11.8 Å². The number of sulfonamides is 1. The van der Waals surface area contributed by atoms with Crippen molar-refractivity contribution < 1.29 is 13.5 Å². The Balaban J connectivity index is 2.36. The maximum absolute atomic E-state index is 12.1. The third-order valence-corrected chi connectivity index (χ3v) is 4.24. The lowest BCUT2D eigenvalue weighted by Crippen LogP contribution is -2.13. The number of aromatic hydroxyl groups is 1. The molecule has 4 nitrogen and oxygen atoms in total. The van der Waals surface area contributed by atoms with E-state index in [-0.39, 0.29) is 16.3 Å². The quantitative estimate of drug-likeness (QED) is 0.855. The fourth-order valence-corrected chi connectivity index (χ4v) is 2.75. The topological polar surface area (TPSA) is 66.4 Å². The maximum atomic E-state index is 12.1. The first-order valence-corrected chi connectivity index (χ1v) is 7.33. The van der Waals surface area contributed by atoms with Crippen LogP contribution in [0, 0.1) is 6.92 Å². The summed E-state index contributed by atoms with van der Waals surface area (Å²) in [4.78, 5) is 0.0813. The van der Waals surface area contributed by atoms with E-state index in [1.807, 2.05) is 0 Å². The number of phenolic OH excluding ortho intramolecular Hbond substituents is 1. The van der Waals surface area contributed by atoms with Crippen LogP contribution in [-0.2, 0) is 10.0 Å². The molecule has 2 N–H and O–H groups in total. The normalized spacial score (nSPS) is 11.3. The van der Waals surface area contributed by atoms with E-state index in [4.69, 9.17) is 11.6 Å². The Labute approximate surface area is 116 Å². The van der Waals surface area contributed by atoms with Crippen molar-refractivity contribution in [2.24, 2.45) is 0 Å². The number of rotatable bonds is 3. The number of anilines is 1. The van der Waals surface area contributed by atoms with Gasteiger partial charge in [0.1, 0.15) is 5.75 Å². The lowest BCUT2D eigenvalue weighted by Gasteiger charge is -2.10. The van der Waals surface area contributed by atoms with E-state index < -0.39 is 10.0 Å². The first-order valence-electron chi connectivity index (χ1n) is 5.47. The second kappa shape index (κ2) is 5.11. The van der Waals surface area contributed by atoms with E-state index >= 15 is 0 Å². The molecule has 0 unspecified atom stereocenters. The van der Waals surface area contributed by atoms with E-state index in [2.05, 4.69) is 4.72 Å². The Bertz CT molecular complexity index is 696. The summed E-state index contributed by atoms with van der Waals surface area (Å²) in [5.74, 6) is -0.0833. The van der Waals surface area contributed by atoms with Crippen molar-refractivity contribution in [3.63, 3.8) is 0 Å². The molecular weight excluding hydrogens is 286 g/mol. The molecule has 0 spiro atoms. The molecule has 0 aliphatic rings. The van der Waals surface area contributed by atoms with Crippen LogP contribution >= 0.6 is 11.6 Å². The predicted octanol–water partition coefficient (Wildman–Crippen LogP) is 3.15. The van der Waals surface area contributed by atoms with Crippen LogP contribution in [0.25, 0.3) is 0 Å². The van der Waals surface area contributed by atoms with E-state index in [0.29, 0.717) is 10.6 Å². The van der Waals surface area contributed by atoms with Crippen LogP contribution in [0.2, 0.25) is 5.02 Å². The summed E-state index contributed by atoms with van der Waals surface area (Å²) in [6.07, 6.45) is 0. The standard InChI is InChI=1S/C13H12ClNO3S/c1-9-3-2-4-12(13(9)16)15-19(17,18)11-7-5-10(14)6-8-11/h2-8,15-16H,1H3. The van der Waals surface area contributed by atoms with Crippen LogP contribution in [0.5, 0.6) is 5.75 Å². The van der Waals surface area contributed by atoms with Crippen LogP contribution in [0.15, 0.2) is 47.4 Å². The molecule has 0 aliphatic carbocycles. The first kappa shape index (κ1) is 13.7. The number of nitrogens with one attached hydrogen (secondary N) is 1. The van der Waals surface area contributed by atoms with Gasteiger partial charge in [0.25, 0.3) is 10.0 Å². The van der Waals surface area contributed by atoms with Crippen molar-refractivity contribution in [3.8, 4) is 5.75 Å². The molecule has 0 amide bonds. The molecule has 0 atom stereocenters. The van der Waals surface area contributed by atoms with Gasteiger partial charge >= 0.3 is 0 Å². The molecule has 0 heterocycles. The molecule has 0 saturated heterocycles. The van der Waals surface area contributed by atoms with Gasteiger partial charge in [0, 0.05) is 5.02 Å². The van der Waals surface area contributed by atoms with Gasteiger partial charge in [-0.1, -0.05) is 23.7 Å². The molecule has 0 saturated carbocycles. The molecule has 100 valence electrons. The Hall–Kier alpha value is -1.72. The largest absolute Gasteiger partial charge is 0.505 e. The van der Waals surface area contributed by atoms with Crippen molar-refractivity contribution in [1.82, 2.24) is 0 Å². The molecule has 0 bridgehead atoms. The summed E-state index contributed by atoms with van der Waals surface area (Å²) < 4.78 is 26.6. The van der Waals surface area contributed by atoms with Gasteiger partial charge in [0.2, 0.25) is 0 Å². The van der Waals surface area contributed by atoms with Gasteiger partial charge < -0.3 is 5.11 Å². The average molecular weight is 298 g/mol. The van der Waals surface area contributed by atoms with E-state index in [1.165, 1.54) is 30.3 Å². The van der Waals surface area contributed by atoms with Crippen LogP contribution in [0.3, 0.4) is 0 Å². The van der Waals surface area contributed by atoms with Gasteiger partial charge in [0.15, 0.2) is 0 Å². The monoisotopic (exact) mass is 297 g/mol. The Morgan fingerprint density at radius 2 is 1.74 bits per heavy atom. The van der Waals surface area contributed by atoms with Crippen LogP contribution in [0.4, 0.5) is 5.69 Å². The summed E-state index contributed by atoms with van der Waals surface area (Å²) in [6.45, 7) is 1.69. The molecule has 2 aromatic rings. The van der Waals surface area contributed by atoms with Crippen molar-refractivity contribution in [3.05, 3.63) is 53.1 Å². The summed E-state index contributed by atoms with van der Waals surface area (Å²) in [6, 6.07) is 10.6. The highest BCUT2D eigenvalue weighted by molar-refractivity contribution is 7.92. The highest BCUT2D eigenvalue weighted by Gasteiger charge is 2.16. The molecule has 0 aromatic heterocycles. The van der Waals surface area contributed by atoms with Crippen molar-refractivity contribution >= 4 is 27.3 Å². The third kappa shape index (κ3) is 3.00. The van der Waals surface area contributed by atoms with Crippen LogP contribution in [-0.4, -0.2) is 13.5 Å². The second-order valence-corrected chi connectivity index (χ2v) is 6.15. The minimum Gasteiger partial charge on any atom is -0.505 e. The van der Waals surface area contributed by atoms with Crippen LogP contribution in [0.1, 0.15) is 5.56 Å². The Morgan fingerprint density at radius 3 is 2.37 bits per heavy atom. The summed E-state index contributed by atoms with van der Waals surface area (Å²) in [5, 5.41) is 10.3. The highest BCUT2D eigenvalue weighted by atomic mass is 35.5. The van der Waals surface area contributed by atoms with Gasteiger partial charge in [-0.05, 0) is 42.8 Å². The van der Waals surface area contributed by atoms with Gasteiger partial charge in [0.05, 0.1) is 10.6 Å². The van der Waals surface area contributed by atoms with Gasteiger partial charge in [-0.2, -0.15) is 0 Å². The fraction of sp³-hybridized carbons (Fsp3) is 0.0769. The number of aryl methyl sites for hydroxylation is 1. The van der Waals surface area contributed by atoms with Gasteiger partial charge in [-0.15, -0.1) is 0 Å². The average Bonchev–Trinajstić information content (AvgIpc) is 2.35. The number of benzene rings is 2. The molecule has 0 radical (unpaired) electrons. The Kier molecular flexibility index (Phi) is 3.68. The number of para-hydroxylation sites is 1. The molecule has 0 fully saturated rings. The zero-order valence-corrected chi connectivity index (χ0v) is 11.7. The van der Waals surface area contributed by atoms with Crippen LogP contribution < -0.4 is 4.72 Å². The number of hydrogen-bond acceptors (Lipinski definition) is 3. The van der Waals surface area contributed by atoms with E-state index in [1.54, 1.807) is 19.1 Å². The molecule has 6 heteroatoms. The third-order valence-electron chi connectivity index (χ3n) is 2.61. The van der Waals surface area contributed by atoms with E-state index in [9.17, 15) is 13.5 Å². The second-order valence-electron chi connectivity index (χ2n) is 4.03. The van der Waals surface area contributed by atoms with E-state index in [0.717, 1.165) is 0 Å². The predicted molar refractivity (Wildman–Crippen MR) is 75.1 cm³/mol. The fourth-order valence-electron chi connectivity index (χ4n) is 1.56. The smallest absolute Gasteiger partial charge is 0.262 e. The Morgan fingerprint density at radius 1 is 1.11 bits per heavy atom. The zero-order valence-electron chi connectivity index (χ0n) is 10.1. The molecule has 2 aromatic carbocycles. The SMILES string of the molecule is Cc1cccc(NS(=O)(=O)c2ccc(Cl)cc2)c1O. The van der Waals surface area contributed by atoms with Crippen molar-refractivity contribution in [2.75, 3.05) is 4.72 Å². The number of hydrogen-bond donors (Lipinski definition) is 2. The minimum absolute atomic E-state index is 0.0813. The number of halogens is 1. The lowest BCUT2D eigenvalue weighted by atomic mass is 10.2. The highest BCUT2D eigenvalue weighted by Crippen LogP contribution is 2.28. The lowest BCUT2D eigenvalue weighted by molar-refractivity contribution is 0.473. The van der Waals surface area contributed by atoms with Crippen molar-refractivity contribution in [1.29, 1.82) is 0 Å². The summed E-state index contributed by atoms with van der Waals surface area (Å²) in [5.41, 5.74) is 0.742. The molecule has 2 rings (SSSR count). The summed E-state index contributed by atoms with van der Waals surface area (Å²) in [7, 11) is -3.74. The molecule has 0 aliphatic heterocycles. The first-order chi connectivity index (χ1) is 8.90. The molecular formula is C13H12ClNO3S. The zero-order chi connectivity index (χ0) is 14.0.